The Morgan fingerprint density at radius 2 is 1.96 bits per heavy atom. The van der Waals surface area contributed by atoms with E-state index in [1.807, 2.05) is 19.1 Å². The molecule has 0 atom stereocenters. The van der Waals surface area contributed by atoms with E-state index in [1.54, 1.807) is 13.1 Å². The first-order chi connectivity index (χ1) is 12.9. The van der Waals surface area contributed by atoms with Gasteiger partial charge in [0.05, 0.1) is 11.0 Å². The summed E-state index contributed by atoms with van der Waals surface area (Å²) in [6.07, 6.45) is 8.97. The summed E-state index contributed by atoms with van der Waals surface area (Å²) in [7, 11) is -1.44. The second kappa shape index (κ2) is 10.7. The average Bonchev–Trinajstić information content (AvgIpc) is 2.64. The number of aliphatic imine (C=N–C) groups is 1. The largest absolute Gasteiger partial charge is 0.378 e. The molecule has 6 nitrogen and oxygen atoms in total. The van der Waals surface area contributed by atoms with Crippen LogP contribution in [-0.4, -0.2) is 46.9 Å². The van der Waals surface area contributed by atoms with Gasteiger partial charge in [0, 0.05) is 33.0 Å². The maximum absolute atomic E-state index is 11.7. The van der Waals surface area contributed by atoms with Crippen LogP contribution in [0.15, 0.2) is 28.1 Å². The van der Waals surface area contributed by atoms with Crippen molar-refractivity contribution in [1.82, 2.24) is 10.6 Å². The van der Waals surface area contributed by atoms with Crippen molar-refractivity contribution in [3.05, 3.63) is 29.3 Å². The fourth-order valence-electron chi connectivity index (χ4n) is 3.40. The molecule has 0 heterocycles. The highest BCUT2D eigenvalue weighted by atomic mass is 32.2. The minimum absolute atomic E-state index is 0.381. The molecule has 27 heavy (non-hydrogen) atoms. The fourth-order valence-corrected chi connectivity index (χ4v) is 4.36. The second-order valence-corrected chi connectivity index (χ2v) is 9.19. The van der Waals surface area contributed by atoms with E-state index in [0.717, 1.165) is 36.7 Å². The summed E-state index contributed by atoms with van der Waals surface area (Å²) >= 11 is 0. The molecule has 1 aromatic rings. The summed E-state index contributed by atoms with van der Waals surface area (Å²) in [6.45, 7) is 3.99. The van der Waals surface area contributed by atoms with Crippen molar-refractivity contribution in [1.29, 1.82) is 0 Å². The molecule has 152 valence electrons. The van der Waals surface area contributed by atoms with Crippen LogP contribution >= 0.6 is 0 Å². The first kappa shape index (κ1) is 21.7. The van der Waals surface area contributed by atoms with E-state index in [9.17, 15) is 8.42 Å². The number of sulfone groups is 1. The standard InChI is InChI=1S/C20H33N3O3S/c1-16-14-17(10-11-19(16)27(3,24)25)15-23-20(21-2)22-12-7-13-26-18-8-5-4-6-9-18/h10-11,14,18H,4-9,12-13,15H2,1-3H3,(H2,21,22,23). The summed E-state index contributed by atoms with van der Waals surface area (Å²) < 4.78 is 29.3. The number of guanidine groups is 1. The highest BCUT2D eigenvalue weighted by Gasteiger charge is 2.13. The van der Waals surface area contributed by atoms with Crippen LogP contribution in [0.25, 0.3) is 0 Å². The van der Waals surface area contributed by atoms with Crippen molar-refractivity contribution in [2.75, 3.05) is 26.5 Å². The van der Waals surface area contributed by atoms with Gasteiger partial charge >= 0.3 is 0 Å². The Hall–Kier alpha value is -1.60. The molecule has 0 unspecified atom stereocenters. The van der Waals surface area contributed by atoms with Gasteiger partial charge in [0.15, 0.2) is 15.8 Å². The molecule has 0 bridgehead atoms. The Balaban J connectivity index is 1.70. The highest BCUT2D eigenvalue weighted by molar-refractivity contribution is 7.90. The number of nitrogens with one attached hydrogen (secondary N) is 2. The minimum Gasteiger partial charge on any atom is -0.378 e. The van der Waals surface area contributed by atoms with E-state index < -0.39 is 9.84 Å². The van der Waals surface area contributed by atoms with Gasteiger partial charge in [-0.15, -0.1) is 0 Å². The summed E-state index contributed by atoms with van der Waals surface area (Å²) in [5.74, 6) is 0.734. The molecule has 0 saturated heterocycles. The van der Waals surface area contributed by atoms with E-state index in [2.05, 4.69) is 15.6 Å². The number of rotatable bonds is 8. The van der Waals surface area contributed by atoms with Gasteiger partial charge < -0.3 is 15.4 Å². The molecule has 1 saturated carbocycles. The normalized spacial score (nSPS) is 16.3. The quantitative estimate of drug-likeness (QED) is 0.402. The van der Waals surface area contributed by atoms with Crippen LogP contribution in [0.1, 0.15) is 49.7 Å². The van der Waals surface area contributed by atoms with E-state index in [1.165, 1.54) is 38.4 Å². The van der Waals surface area contributed by atoms with Crippen molar-refractivity contribution in [3.8, 4) is 0 Å². The number of benzene rings is 1. The monoisotopic (exact) mass is 395 g/mol. The predicted octanol–water partition coefficient (Wildman–Crippen LogP) is 2.80. The van der Waals surface area contributed by atoms with Crippen LogP contribution in [-0.2, 0) is 21.1 Å². The fraction of sp³-hybridized carbons (Fsp3) is 0.650. The van der Waals surface area contributed by atoms with Gasteiger partial charge in [0.1, 0.15) is 0 Å². The van der Waals surface area contributed by atoms with Crippen molar-refractivity contribution >= 4 is 15.8 Å². The maximum atomic E-state index is 11.7. The molecule has 2 rings (SSSR count). The van der Waals surface area contributed by atoms with Gasteiger partial charge in [-0.25, -0.2) is 8.42 Å². The van der Waals surface area contributed by atoms with Gasteiger partial charge in [-0.1, -0.05) is 31.4 Å². The smallest absolute Gasteiger partial charge is 0.191 e. The topological polar surface area (TPSA) is 79.8 Å². The Bertz CT molecular complexity index is 726. The van der Waals surface area contributed by atoms with Crippen LogP contribution in [0.5, 0.6) is 0 Å². The average molecular weight is 396 g/mol. The lowest BCUT2D eigenvalue weighted by Crippen LogP contribution is -2.37. The molecule has 1 aromatic carbocycles. The number of ether oxygens (including phenoxy) is 1. The van der Waals surface area contributed by atoms with Gasteiger partial charge in [-0.3, -0.25) is 4.99 Å². The molecule has 1 aliphatic rings. The van der Waals surface area contributed by atoms with Crippen molar-refractivity contribution in [3.63, 3.8) is 0 Å². The third-order valence-electron chi connectivity index (χ3n) is 4.84. The zero-order valence-electron chi connectivity index (χ0n) is 16.8. The van der Waals surface area contributed by atoms with Crippen LogP contribution < -0.4 is 10.6 Å². The van der Waals surface area contributed by atoms with Crippen LogP contribution in [0.4, 0.5) is 0 Å². The van der Waals surface area contributed by atoms with Crippen LogP contribution in [0, 0.1) is 6.92 Å². The predicted molar refractivity (Wildman–Crippen MR) is 110 cm³/mol. The van der Waals surface area contributed by atoms with Crippen molar-refractivity contribution in [2.24, 2.45) is 4.99 Å². The van der Waals surface area contributed by atoms with Crippen LogP contribution in [0.2, 0.25) is 0 Å². The molecule has 0 aliphatic heterocycles. The number of hydrogen-bond acceptors (Lipinski definition) is 4. The molecular formula is C20H33N3O3S. The van der Waals surface area contributed by atoms with E-state index >= 15 is 0 Å². The van der Waals surface area contributed by atoms with E-state index in [-0.39, 0.29) is 0 Å². The zero-order chi connectivity index (χ0) is 19.7. The number of nitrogens with zero attached hydrogens (tertiary/aromatic N) is 1. The highest BCUT2D eigenvalue weighted by Crippen LogP contribution is 2.20. The molecule has 0 aromatic heterocycles. The lowest BCUT2D eigenvalue weighted by Gasteiger charge is -2.22. The molecule has 0 radical (unpaired) electrons. The lowest BCUT2D eigenvalue weighted by molar-refractivity contribution is 0.0277. The van der Waals surface area contributed by atoms with E-state index in [0.29, 0.717) is 17.5 Å². The minimum atomic E-state index is -3.18. The molecular weight excluding hydrogens is 362 g/mol. The Kier molecular flexibility index (Phi) is 8.57. The summed E-state index contributed by atoms with van der Waals surface area (Å²) in [4.78, 5) is 4.61. The summed E-state index contributed by atoms with van der Waals surface area (Å²) in [5.41, 5.74) is 1.78. The third kappa shape index (κ3) is 7.50. The van der Waals surface area contributed by atoms with Crippen molar-refractivity contribution in [2.45, 2.75) is 63.0 Å². The van der Waals surface area contributed by atoms with E-state index in [4.69, 9.17) is 4.74 Å². The SMILES string of the molecule is CN=C(NCCCOC1CCCCC1)NCc1ccc(S(C)(=O)=O)c(C)c1. The molecule has 2 N–H and O–H groups in total. The Morgan fingerprint density at radius 3 is 2.59 bits per heavy atom. The van der Waals surface area contributed by atoms with Gasteiger partial charge in [-0.05, 0) is 43.4 Å². The number of hydrogen-bond donors (Lipinski definition) is 2. The van der Waals surface area contributed by atoms with Crippen LogP contribution in [0.3, 0.4) is 0 Å². The second-order valence-electron chi connectivity index (χ2n) is 7.21. The first-order valence-electron chi connectivity index (χ1n) is 9.76. The molecule has 1 fully saturated rings. The molecule has 7 heteroatoms. The first-order valence-corrected chi connectivity index (χ1v) is 11.6. The van der Waals surface area contributed by atoms with Gasteiger partial charge in [0.2, 0.25) is 0 Å². The molecule has 0 amide bonds. The maximum Gasteiger partial charge on any atom is 0.191 e. The molecule has 0 spiro atoms. The number of aryl methyl sites for hydroxylation is 1. The lowest BCUT2D eigenvalue weighted by atomic mass is 9.98. The zero-order valence-corrected chi connectivity index (χ0v) is 17.6. The Morgan fingerprint density at radius 1 is 1.22 bits per heavy atom. The van der Waals surface area contributed by atoms with Gasteiger partial charge in [-0.2, -0.15) is 0 Å². The Labute approximate surface area is 163 Å². The summed E-state index contributed by atoms with van der Waals surface area (Å²) in [6, 6.07) is 5.40. The summed E-state index contributed by atoms with van der Waals surface area (Å²) in [5, 5.41) is 6.55. The molecule has 1 aliphatic carbocycles. The van der Waals surface area contributed by atoms with Crippen molar-refractivity contribution < 1.29 is 13.2 Å². The van der Waals surface area contributed by atoms with Gasteiger partial charge in [0.25, 0.3) is 0 Å². The third-order valence-corrected chi connectivity index (χ3v) is 6.10.